The Morgan fingerprint density at radius 2 is 1.70 bits per heavy atom. The Morgan fingerprint density at radius 3 is 2.35 bits per heavy atom. The highest BCUT2D eigenvalue weighted by Gasteiger charge is 2.28. The van der Waals surface area contributed by atoms with Crippen molar-refractivity contribution in [1.82, 2.24) is 13.9 Å². The molecular formula is C16H25N3O3S. The first-order valence-corrected chi connectivity index (χ1v) is 9.69. The minimum Gasteiger partial charge on any atom is -0.379 e. The van der Waals surface area contributed by atoms with Gasteiger partial charge in [-0.25, -0.2) is 0 Å². The smallest absolute Gasteiger partial charge is 0.279 e. The first-order chi connectivity index (χ1) is 11.1. The van der Waals surface area contributed by atoms with Gasteiger partial charge in [-0.1, -0.05) is 30.3 Å². The maximum Gasteiger partial charge on any atom is 0.279 e. The maximum atomic E-state index is 12.4. The molecule has 0 spiro atoms. The fourth-order valence-electron chi connectivity index (χ4n) is 3.12. The van der Waals surface area contributed by atoms with Gasteiger partial charge in [-0.2, -0.15) is 17.4 Å². The number of nitrogens with one attached hydrogen (secondary N) is 1. The van der Waals surface area contributed by atoms with E-state index >= 15 is 0 Å². The quantitative estimate of drug-likeness (QED) is 0.863. The molecule has 0 bridgehead atoms. The third-order valence-corrected chi connectivity index (χ3v) is 6.14. The molecule has 3 rings (SSSR count). The summed E-state index contributed by atoms with van der Waals surface area (Å²) in [4.78, 5) is 2.38. The summed E-state index contributed by atoms with van der Waals surface area (Å²) in [5.74, 6) is 0. The molecule has 0 unspecified atom stereocenters. The summed E-state index contributed by atoms with van der Waals surface area (Å²) in [5.41, 5.74) is 1.31. The van der Waals surface area contributed by atoms with E-state index in [1.54, 1.807) is 0 Å². The molecule has 2 heterocycles. The van der Waals surface area contributed by atoms with E-state index in [-0.39, 0.29) is 6.04 Å². The second kappa shape index (κ2) is 7.72. The van der Waals surface area contributed by atoms with Crippen LogP contribution in [-0.4, -0.2) is 63.1 Å². The zero-order chi connectivity index (χ0) is 16.1. The molecule has 128 valence electrons. The average molecular weight is 339 g/mol. The molecule has 0 saturated carbocycles. The van der Waals surface area contributed by atoms with Crippen molar-refractivity contribution >= 4 is 10.2 Å². The highest BCUT2D eigenvalue weighted by Crippen LogP contribution is 2.15. The zero-order valence-corrected chi connectivity index (χ0v) is 14.2. The van der Waals surface area contributed by atoms with Crippen LogP contribution in [0.1, 0.15) is 18.4 Å². The van der Waals surface area contributed by atoms with Crippen molar-refractivity contribution in [2.45, 2.75) is 25.4 Å². The predicted octanol–water partition coefficient (Wildman–Crippen LogP) is 0.818. The third-order valence-electron chi connectivity index (χ3n) is 4.46. The molecule has 2 aliphatic heterocycles. The molecule has 6 nitrogen and oxygen atoms in total. The van der Waals surface area contributed by atoms with Crippen LogP contribution in [0.3, 0.4) is 0 Å². The van der Waals surface area contributed by atoms with Gasteiger partial charge in [0.25, 0.3) is 10.2 Å². The molecule has 0 atom stereocenters. The Balaban J connectivity index is 1.47. The van der Waals surface area contributed by atoms with Gasteiger partial charge in [0, 0.05) is 38.8 Å². The molecule has 1 aromatic carbocycles. The normalized spacial score (nSPS) is 22.3. The minimum atomic E-state index is -3.37. The standard InChI is InChI=1S/C16H25N3O3S/c20-23(21,19-10-12-22-13-11-19)17-16-6-8-18(9-7-16)14-15-4-2-1-3-5-15/h1-5,16-17H,6-14H2. The van der Waals surface area contributed by atoms with Crippen molar-refractivity contribution in [3.8, 4) is 0 Å². The molecule has 1 N–H and O–H groups in total. The lowest BCUT2D eigenvalue weighted by Crippen LogP contribution is -2.52. The number of ether oxygens (including phenoxy) is 1. The fourth-order valence-corrected chi connectivity index (χ4v) is 4.56. The van der Waals surface area contributed by atoms with Crippen LogP contribution < -0.4 is 4.72 Å². The van der Waals surface area contributed by atoms with E-state index in [0.29, 0.717) is 26.3 Å². The number of benzene rings is 1. The van der Waals surface area contributed by atoms with Gasteiger partial charge in [-0.3, -0.25) is 4.90 Å². The van der Waals surface area contributed by atoms with Gasteiger partial charge in [0.1, 0.15) is 0 Å². The average Bonchev–Trinajstić information content (AvgIpc) is 2.58. The SMILES string of the molecule is O=S(=O)(NC1CCN(Cc2ccccc2)CC1)N1CCOCC1. The van der Waals surface area contributed by atoms with Gasteiger partial charge in [-0.05, 0) is 18.4 Å². The van der Waals surface area contributed by atoms with Crippen molar-refractivity contribution in [3.05, 3.63) is 35.9 Å². The predicted molar refractivity (Wildman–Crippen MR) is 89.2 cm³/mol. The second-order valence-corrected chi connectivity index (χ2v) is 7.87. The first kappa shape index (κ1) is 16.9. The molecule has 2 fully saturated rings. The van der Waals surface area contributed by atoms with E-state index in [2.05, 4.69) is 33.9 Å². The Kier molecular flexibility index (Phi) is 5.66. The molecule has 2 aliphatic rings. The van der Waals surface area contributed by atoms with E-state index in [9.17, 15) is 8.42 Å². The minimum absolute atomic E-state index is 0.0369. The second-order valence-electron chi connectivity index (χ2n) is 6.17. The largest absolute Gasteiger partial charge is 0.379 e. The van der Waals surface area contributed by atoms with Crippen molar-refractivity contribution in [2.24, 2.45) is 0 Å². The number of nitrogens with zero attached hydrogens (tertiary/aromatic N) is 2. The molecular weight excluding hydrogens is 314 g/mol. The Bertz CT molecular complexity index is 580. The maximum absolute atomic E-state index is 12.4. The van der Waals surface area contributed by atoms with Crippen molar-refractivity contribution in [1.29, 1.82) is 0 Å². The fraction of sp³-hybridized carbons (Fsp3) is 0.625. The van der Waals surface area contributed by atoms with Gasteiger partial charge < -0.3 is 4.74 Å². The van der Waals surface area contributed by atoms with Gasteiger partial charge in [0.05, 0.1) is 13.2 Å². The van der Waals surface area contributed by atoms with Crippen LogP contribution in [-0.2, 0) is 21.5 Å². The molecule has 0 radical (unpaired) electrons. The Hall–Kier alpha value is -0.990. The summed E-state index contributed by atoms with van der Waals surface area (Å²) < 4.78 is 34.3. The summed E-state index contributed by atoms with van der Waals surface area (Å²) >= 11 is 0. The molecule has 7 heteroatoms. The third kappa shape index (κ3) is 4.74. The van der Waals surface area contributed by atoms with Crippen molar-refractivity contribution in [3.63, 3.8) is 0 Å². The van der Waals surface area contributed by atoms with E-state index in [1.807, 2.05) is 6.07 Å². The number of rotatable bonds is 5. The van der Waals surface area contributed by atoms with Crippen LogP contribution in [0.2, 0.25) is 0 Å². The number of hydrogen-bond acceptors (Lipinski definition) is 4. The topological polar surface area (TPSA) is 61.9 Å². The zero-order valence-electron chi connectivity index (χ0n) is 13.4. The van der Waals surface area contributed by atoms with Crippen molar-refractivity contribution < 1.29 is 13.2 Å². The van der Waals surface area contributed by atoms with Crippen LogP contribution in [0.15, 0.2) is 30.3 Å². The summed E-state index contributed by atoms with van der Waals surface area (Å²) in [7, 11) is -3.37. The van der Waals surface area contributed by atoms with E-state index in [4.69, 9.17) is 4.74 Å². The molecule has 0 aromatic heterocycles. The molecule has 0 aliphatic carbocycles. The molecule has 23 heavy (non-hydrogen) atoms. The van der Waals surface area contributed by atoms with Gasteiger partial charge in [-0.15, -0.1) is 0 Å². The van der Waals surface area contributed by atoms with Crippen LogP contribution in [0, 0.1) is 0 Å². The highest BCUT2D eigenvalue weighted by atomic mass is 32.2. The van der Waals surface area contributed by atoms with Crippen molar-refractivity contribution in [2.75, 3.05) is 39.4 Å². The molecule has 1 aromatic rings. The lowest BCUT2D eigenvalue weighted by Gasteiger charge is -2.34. The number of hydrogen-bond donors (Lipinski definition) is 1. The van der Waals surface area contributed by atoms with Crippen LogP contribution in [0.5, 0.6) is 0 Å². The lowest BCUT2D eigenvalue weighted by atomic mass is 10.1. The number of piperidine rings is 1. The highest BCUT2D eigenvalue weighted by molar-refractivity contribution is 7.87. The van der Waals surface area contributed by atoms with Gasteiger partial charge >= 0.3 is 0 Å². The summed E-state index contributed by atoms with van der Waals surface area (Å²) in [6.45, 7) is 4.64. The van der Waals surface area contributed by atoms with E-state index in [0.717, 1.165) is 32.5 Å². The monoisotopic (exact) mass is 339 g/mol. The summed E-state index contributed by atoms with van der Waals surface area (Å²) in [5, 5.41) is 0. The Morgan fingerprint density at radius 1 is 1.04 bits per heavy atom. The van der Waals surface area contributed by atoms with E-state index in [1.165, 1.54) is 9.87 Å². The van der Waals surface area contributed by atoms with Crippen LogP contribution >= 0.6 is 0 Å². The molecule has 0 amide bonds. The van der Waals surface area contributed by atoms with Gasteiger partial charge in [0.15, 0.2) is 0 Å². The van der Waals surface area contributed by atoms with E-state index < -0.39 is 10.2 Å². The number of morpholine rings is 1. The lowest BCUT2D eigenvalue weighted by molar-refractivity contribution is 0.0720. The summed E-state index contributed by atoms with van der Waals surface area (Å²) in [6, 6.07) is 10.4. The van der Waals surface area contributed by atoms with Crippen LogP contribution in [0.25, 0.3) is 0 Å². The van der Waals surface area contributed by atoms with Gasteiger partial charge in [0.2, 0.25) is 0 Å². The molecule has 2 saturated heterocycles. The number of likely N-dealkylation sites (tertiary alicyclic amines) is 1. The summed E-state index contributed by atoms with van der Waals surface area (Å²) in [6.07, 6.45) is 1.72. The first-order valence-electron chi connectivity index (χ1n) is 8.25. The van der Waals surface area contributed by atoms with Crippen LogP contribution in [0.4, 0.5) is 0 Å². The Labute approximate surface area is 138 Å².